The van der Waals surface area contributed by atoms with Crippen molar-refractivity contribution in [3.8, 4) is 28.7 Å². The number of aliphatic hydroxyl groups is 12. The van der Waals surface area contributed by atoms with Crippen molar-refractivity contribution in [2.45, 2.75) is 161 Å². The van der Waals surface area contributed by atoms with Crippen molar-refractivity contribution in [3.63, 3.8) is 0 Å². The number of phenols is 2. The van der Waals surface area contributed by atoms with E-state index in [-0.39, 0.29) is 45.4 Å². The first-order valence-corrected chi connectivity index (χ1v) is 32.0. The van der Waals surface area contributed by atoms with Gasteiger partial charge in [0.1, 0.15) is 123 Å². The van der Waals surface area contributed by atoms with Crippen molar-refractivity contribution < 1.29 is 171 Å². The molecule has 0 radical (unpaired) electrons. The number of aromatic hydroxyl groups is 2. The summed E-state index contributed by atoms with van der Waals surface area (Å²) >= 11 is 0. The second-order valence-corrected chi connectivity index (χ2v) is 24.1. The van der Waals surface area contributed by atoms with Crippen LogP contribution in [0.4, 0.5) is 0 Å². The number of ether oxygens (including phenoxy) is 16. The molecule has 4 aromatic carbocycles. The number of hydrogen-bond acceptors (Lipinski definition) is 35. The second-order valence-electron chi connectivity index (χ2n) is 24.1. The summed E-state index contributed by atoms with van der Waals surface area (Å²) in [7, 11) is 2.51. The number of carbonyl (C=O) groups is 5. The molecular weight excluding hydrogens is 1380 g/mol. The van der Waals surface area contributed by atoms with Gasteiger partial charge in [-0.3, -0.25) is 4.79 Å². The minimum absolute atomic E-state index is 0.00524. The van der Waals surface area contributed by atoms with Gasteiger partial charge in [0.25, 0.3) is 0 Å². The number of hydrogen-bond donors (Lipinski definition) is 14. The zero-order chi connectivity index (χ0) is 74.6. The van der Waals surface area contributed by atoms with Crippen molar-refractivity contribution in [2.24, 2.45) is 0 Å². The zero-order valence-electron chi connectivity index (χ0n) is 55.3. The quantitative estimate of drug-likeness (QED) is 0.0162. The molecule has 0 bridgehead atoms. The highest BCUT2D eigenvalue weighted by molar-refractivity contribution is 5.90. The van der Waals surface area contributed by atoms with Gasteiger partial charge in [0.2, 0.25) is 12.1 Å². The highest BCUT2D eigenvalue weighted by atomic mass is 16.8. The van der Waals surface area contributed by atoms with Crippen LogP contribution < -0.4 is 14.2 Å². The van der Waals surface area contributed by atoms with E-state index in [1.165, 1.54) is 118 Å². The average Bonchev–Trinajstić information content (AvgIpc) is 1.60. The summed E-state index contributed by atoms with van der Waals surface area (Å²) < 4.78 is 94.8. The van der Waals surface area contributed by atoms with Crippen LogP contribution in [-0.2, 0) is 80.8 Å². The fourth-order valence-corrected chi connectivity index (χ4v) is 11.4. The summed E-state index contributed by atoms with van der Waals surface area (Å²) in [6, 6.07) is 20.7. The third-order valence-corrected chi connectivity index (χ3v) is 17.0. The van der Waals surface area contributed by atoms with E-state index in [0.29, 0.717) is 5.56 Å². The van der Waals surface area contributed by atoms with Gasteiger partial charge in [-0.25, -0.2) is 19.2 Å². The van der Waals surface area contributed by atoms with Gasteiger partial charge in [0.15, 0.2) is 54.1 Å². The molecule has 24 atom stereocenters. The lowest BCUT2D eigenvalue weighted by atomic mass is 9.95. The summed E-state index contributed by atoms with van der Waals surface area (Å²) in [4.78, 5) is 68.8. The number of aliphatic hydroxyl groups excluding tert-OH is 12. The Balaban J connectivity index is 1.15. The van der Waals surface area contributed by atoms with Gasteiger partial charge in [0, 0.05) is 25.2 Å². The van der Waals surface area contributed by atoms with Crippen molar-refractivity contribution in [3.05, 3.63) is 131 Å². The van der Waals surface area contributed by atoms with Crippen LogP contribution in [0.1, 0.15) is 40.9 Å². The summed E-state index contributed by atoms with van der Waals surface area (Å²) in [6.45, 7) is -3.05. The second kappa shape index (κ2) is 35.4. The summed E-state index contributed by atoms with van der Waals surface area (Å²) in [5, 5.41) is 153. The van der Waals surface area contributed by atoms with E-state index in [9.17, 15) is 95.5 Å². The minimum Gasteiger partial charge on any atom is -0.508 e. The van der Waals surface area contributed by atoms with Crippen LogP contribution in [0.2, 0.25) is 0 Å². The molecule has 5 saturated heterocycles. The van der Waals surface area contributed by atoms with Crippen LogP contribution in [0.3, 0.4) is 0 Å². The van der Waals surface area contributed by atoms with Gasteiger partial charge in [-0.2, -0.15) is 0 Å². The predicted octanol–water partition coefficient (Wildman–Crippen LogP) is -2.88. The molecule has 14 N–H and O–H groups in total. The maximum Gasteiger partial charge on any atom is 0.338 e. The maximum atomic E-state index is 14.7. The summed E-state index contributed by atoms with van der Waals surface area (Å²) in [5.74, 6) is -9.30. The molecule has 0 saturated carbocycles. The van der Waals surface area contributed by atoms with Crippen LogP contribution in [0, 0.1) is 0 Å². The SMILES string of the molecule is COc1cc(C=CC(=O)OC[C@@]2(O[C@H]3O[C@H](COC(C)=O)[C@@H](OC(=O)C=Cc4ccc(O[C@H]5O[C@@H](C)[C@H](O)[C@@H](O)[C@H]5O)c(OC)c4)[C@H](O[C@@H]4O[C@H](COC(=O)C=Cc5ccc(O)cc5)[C@@H](O)[C@H](O)[C@H]4O)[C@H]3O[C@@H]3O[C@H](CO)[C@@H](O)[C@H](O)[C@H]3O)O[C@H](CO)[C@@H](O)[C@@H]2OC(=O)c2ccccc2)ccc1O. The molecule has 0 aromatic heterocycles. The average molecular weight is 1460 g/mol. The largest absolute Gasteiger partial charge is 0.508 e. The lowest BCUT2D eigenvalue weighted by molar-refractivity contribution is -0.421. The van der Waals surface area contributed by atoms with E-state index in [4.69, 9.17) is 75.8 Å². The first-order valence-electron chi connectivity index (χ1n) is 32.0. The Morgan fingerprint density at radius 3 is 1.65 bits per heavy atom. The lowest BCUT2D eigenvalue weighted by Gasteiger charge is -2.50. The Hall–Kier alpha value is -8.35. The zero-order valence-corrected chi connectivity index (χ0v) is 55.3. The molecule has 5 fully saturated rings. The molecule has 0 aliphatic carbocycles. The Bertz CT molecular complexity index is 3590. The van der Waals surface area contributed by atoms with Gasteiger partial charge in [0.05, 0.1) is 39.1 Å². The van der Waals surface area contributed by atoms with Crippen LogP contribution in [0.5, 0.6) is 28.7 Å². The molecule has 0 spiro atoms. The van der Waals surface area contributed by atoms with Gasteiger partial charge >= 0.3 is 29.8 Å². The Kier molecular flexibility index (Phi) is 27.1. The first kappa shape index (κ1) is 78.8. The molecule has 5 heterocycles. The molecule has 35 nitrogen and oxygen atoms in total. The van der Waals surface area contributed by atoms with Crippen molar-refractivity contribution >= 4 is 48.1 Å². The molecule has 4 aromatic rings. The normalized spacial score (nSPS) is 33.8. The standard InChI is InChI=1S/C68H80O35/c1-31-49(77)53(81)56(84)64(93-31)94-39-20-13-35(25-41(39)89-4)16-23-48(76)98-59-45(29-90-32(2)71)97-67(103-68(30-92-47(75)22-15-34-12-19-38(73)40(24-34)88-3)62(52(80)43(27-70)102-68)101-63(87)36-8-6-5-7-9-36)61(100-65-57(85)54(82)50(78)42(26-69)95-65)60(59)99-66-58(86)55(83)51(79)44(96-66)28-91-46(74)21-14-33-10-17-37(72)18-11-33/h5-25,31,42-45,49-62,64-67,69-70,72-73,77-86H,26-30H2,1-4H3/t31-,42+,43+,44+,45+,49-,50+,51+,52+,53+,54-,55-,56+,57+,58+,59+,60-,61+,62-,64+,65-,66-,67+,68-/m0/s1. The molecular formula is C68H80O35. The Morgan fingerprint density at radius 1 is 0.485 bits per heavy atom. The molecule has 5 aliphatic heterocycles. The molecule has 0 amide bonds. The number of benzene rings is 4. The number of rotatable bonds is 27. The van der Waals surface area contributed by atoms with Gasteiger partial charge in [-0.05, 0) is 90.4 Å². The van der Waals surface area contributed by atoms with E-state index < -0.39 is 210 Å². The predicted molar refractivity (Wildman–Crippen MR) is 341 cm³/mol. The number of carbonyl (C=O) groups excluding carboxylic acids is 5. The number of methoxy groups -OCH3 is 2. The molecule has 9 rings (SSSR count). The van der Waals surface area contributed by atoms with E-state index in [1.807, 2.05) is 0 Å². The minimum atomic E-state index is -3.02. The van der Waals surface area contributed by atoms with Crippen LogP contribution >= 0.6 is 0 Å². The topological polar surface area (TPSA) is 516 Å². The maximum absolute atomic E-state index is 14.7. The summed E-state index contributed by atoms with van der Waals surface area (Å²) in [5.41, 5.74) is 0.710. The molecule has 103 heavy (non-hydrogen) atoms. The van der Waals surface area contributed by atoms with Gasteiger partial charge in [-0.1, -0.05) is 42.5 Å². The Morgan fingerprint density at radius 2 is 1.02 bits per heavy atom. The third kappa shape index (κ3) is 19.2. The highest BCUT2D eigenvalue weighted by Crippen LogP contribution is 2.43. The van der Waals surface area contributed by atoms with Gasteiger partial charge in [-0.15, -0.1) is 0 Å². The molecule has 5 aliphatic rings. The van der Waals surface area contributed by atoms with Gasteiger partial charge < -0.3 is 147 Å². The monoisotopic (exact) mass is 1460 g/mol. The summed E-state index contributed by atoms with van der Waals surface area (Å²) in [6.07, 6.45) is -40.7. The van der Waals surface area contributed by atoms with Crippen molar-refractivity contribution in [1.29, 1.82) is 0 Å². The molecule has 35 heteroatoms. The van der Waals surface area contributed by atoms with Crippen molar-refractivity contribution in [1.82, 2.24) is 0 Å². The fraction of sp³-hybridized carbons (Fsp3) is 0.485. The van der Waals surface area contributed by atoms with E-state index in [0.717, 1.165) is 31.2 Å². The van der Waals surface area contributed by atoms with Crippen LogP contribution in [-0.4, -0.2) is 296 Å². The van der Waals surface area contributed by atoms with E-state index in [2.05, 4.69) is 0 Å². The first-order chi connectivity index (χ1) is 49.2. The number of phenolic OH excluding ortho intramolecular Hbond substituents is 2. The smallest absolute Gasteiger partial charge is 0.338 e. The number of esters is 5. The lowest BCUT2D eigenvalue weighted by Crippen LogP contribution is -2.69. The van der Waals surface area contributed by atoms with Crippen LogP contribution in [0.25, 0.3) is 18.2 Å². The fourth-order valence-electron chi connectivity index (χ4n) is 11.4. The molecule has 562 valence electrons. The highest BCUT2D eigenvalue weighted by Gasteiger charge is 2.64. The van der Waals surface area contributed by atoms with Crippen LogP contribution in [0.15, 0.2) is 109 Å². The third-order valence-electron chi connectivity index (χ3n) is 17.0. The van der Waals surface area contributed by atoms with E-state index in [1.54, 1.807) is 6.07 Å². The Labute approximate surface area is 585 Å². The van der Waals surface area contributed by atoms with Crippen molar-refractivity contribution in [2.75, 3.05) is 47.3 Å². The van der Waals surface area contributed by atoms with E-state index >= 15 is 0 Å². The molecule has 0 unspecified atom stereocenters.